The van der Waals surface area contributed by atoms with Crippen molar-refractivity contribution < 1.29 is 4.74 Å². The lowest BCUT2D eigenvalue weighted by molar-refractivity contribution is 0.106. The molecular weight excluding hydrogens is 186 g/mol. The fraction of sp³-hybridized carbons (Fsp3) is 0.385. The molecule has 0 amide bonds. The van der Waals surface area contributed by atoms with Crippen molar-refractivity contribution in [1.29, 1.82) is 0 Å². The Hall–Kier alpha value is -1.46. The van der Waals surface area contributed by atoms with E-state index in [1.54, 1.807) is 7.11 Å². The summed E-state index contributed by atoms with van der Waals surface area (Å²) in [7, 11) is 1.71. The highest BCUT2D eigenvalue weighted by atomic mass is 16.5. The summed E-state index contributed by atoms with van der Waals surface area (Å²) >= 11 is 0. The van der Waals surface area contributed by atoms with Crippen LogP contribution in [-0.4, -0.2) is 19.3 Å². The van der Waals surface area contributed by atoms with Gasteiger partial charge in [0.25, 0.3) is 0 Å². The number of methoxy groups -OCH3 is 1. The van der Waals surface area contributed by atoms with Crippen LogP contribution in [0.15, 0.2) is 24.3 Å². The van der Waals surface area contributed by atoms with Crippen LogP contribution in [-0.2, 0) is 4.74 Å². The molecule has 0 saturated carbocycles. The highest BCUT2D eigenvalue weighted by Gasteiger charge is 2.10. The van der Waals surface area contributed by atoms with Crippen LogP contribution < -0.4 is 5.32 Å². The Morgan fingerprint density at radius 3 is 2.73 bits per heavy atom. The first-order valence-electron chi connectivity index (χ1n) is 5.03. The van der Waals surface area contributed by atoms with Crippen LogP contribution in [0.1, 0.15) is 19.4 Å². The molecule has 0 spiro atoms. The molecule has 0 heterocycles. The SMILES string of the molecule is C#Cc1cccc(NC(C)C(C)OC)c1. The zero-order valence-electron chi connectivity index (χ0n) is 9.45. The number of rotatable bonds is 4. The highest BCUT2D eigenvalue weighted by Crippen LogP contribution is 2.12. The summed E-state index contributed by atoms with van der Waals surface area (Å²) in [5, 5.41) is 3.35. The summed E-state index contributed by atoms with van der Waals surface area (Å²) in [6.07, 6.45) is 5.50. The largest absolute Gasteiger partial charge is 0.380 e. The van der Waals surface area contributed by atoms with Gasteiger partial charge >= 0.3 is 0 Å². The topological polar surface area (TPSA) is 21.3 Å². The van der Waals surface area contributed by atoms with Crippen LogP contribution in [0, 0.1) is 12.3 Å². The van der Waals surface area contributed by atoms with E-state index in [1.807, 2.05) is 31.2 Å². The molecule has 0 aromatic heterocycles. The second-order valence-corrected chi connectivity index (χ2v) is 3.60. The van der Waals surface area contributed by atoms with Crippen molar-refractivity contribution in [3.05, 3.63) is 29.8 Å². The van der Waals surface area contributed by atoms with Crippen molar-refractivity contribution >= 4 is 5.69 Å². The molecule has 80 valence electrons. The third-order valence-corrected chi connectivity index (χ3v) is 2.50. The van der Waals surface area contributed by atoms with Gasteiger partial charge in [-0.15, -0.1) is 6.42 Å². The second-order valence-electron chi connectivity index (χ2n) is 3.60. The molecule has 0 bridgehead atoms. The fourth-order valence-corrected chi connectivity index (χ4v) is 1.28. The zero-order valence-corrected chi connectivity index (χ0v) is 9.45. The summed E-state index contributed by atoms with van der Waals surface area (Å²) < 4.78 is 5.24. The van der Waals surface area contributed by atoms with Crippen LogP contribution >= 0.6 is 0 Å². The number of hydrogen-bond donors (Lipinski definition) is 1. The summed E-state index contributed by atoms with van der Waals surface area (Å²) in [6.45, 7) is 4.11. The van der Waals surface area contributed by atoms with Gasteiger partial charge in [-0.3, -0.25) is 0 Å². The molecule has 15 heavy (non-hydrogen) atoms. The maximum absolute atomic E-state index is 5.33. The van der Waals surface area contributed by atoms with E-state index in [2.05, 4.69) is 18.2 Å². The lowest BCUT2D eigenvalue weighted by Gasteiger charge is -2.21. The number of hydrogen-bond acceptors (Lipinski definition) is 2. The Morgan fingerprint density at radius 2 is 2.13 bits per heavy atom. The maximum atomic E-state index is 5.33. The van der Waals surface area contributed by atoms with Gasteiger partial charge in [0.05, 0.1) is 6.10 Å². The molecule has 0 saturated heterocycles. The predicted molar refractivity (Wildman–Crippen MR) is 63.9 cm³/mol. The molecule has 1 aromatic rings. The standard InChI is InChI=1S/C13H17NO/c1-5-12-7-6-8-13(9-12)14-10(2)11(3)15-4/h1,6-11,14H,2-4H3. The first-order chi connectivity index (χ1) is 7.17. The molecule has 0 aliphatic carbocycles. The van der Waals surface area contributed by atoms with Crippen LogP contribution in [0.25, 0.3) is 0 Å². The second kappa shape index (κ2) is 5.43. The van der Waals surface area contributed by atoms with E-state index in [1.165, 1.54) is 0 Å². The average Bonchev–Trinajstić information content (AvgIpc) is 2.28. The van der Waals surface area contributed by atoms with Crippen molar-refractivity contribution in [1.82, 2.24) is 0 Å². The van der Waals surface area contributed by atoms with Crippen LogP contribution in [0.2, 0.25) is 0 Å². The lowest BCUT2D eigenvalue weighted by atomic mass is 10.1. The Morgan fingerprint density at radius 1 is 1.40 bits per heavy atom. The van der Waals surface area contributed by atoms with Gasteiger partial charge in [-0.1, -0.05) is 12.0 Å². The quantitative estimate of drug-likeness (QED) is 0.759. The molecule has 2 heteroatoms. The molecule has 2 nitrogen and oxygen atoms in total. The number of anilines is 1. The minimum Gasteiger partial charge on any atom is -0.380 e. The third-order valence-electron chi connectivity index (χ3n) is 2.50. The molecule has 2 unspecified atom stereocenters. The molecule has 1 aromatic carbocycles. The van der Waals surface area contributed by atoms with Gasteiger partial charge in [-0.05, 0) is 32.0 Å². The van der Waals surface area contributed by atoms with Gasteiger partial charge in [0.1, 0.15) is 0 Å². The van der Waals surface area contributed by atoms with Crippen molar-refractivity contribution in [2.24, 2.45) is 0 Å². The molecular formula is C13H17NO. The van der Waals surface area contributed by atoms with E-state index in [9.17, 15) is 0 Å². The van der Waals surface area contributed by atoms with Crippen LogP contribution in [0.5, 0.6) is 0 Å². The minimum absolute atomic E-state index is 0.166. The molecule has 1 N–H and O–H groups in total. The van der Waals surface area contributed by atoms with Gasteiger partial charge in [-0.2, -0.15) is 0 Å². The monoisotopic (exact) mass is 203 g/mol. The minimum atomic E-state index is 0.166. The average molecular weight is 203 g/mol. The Kier molecular flexibility index (Phi) is 4.20. The van der Waals surface area contributed by atoms with E-state index in [-0.39, 0.29) is 12.1 Å². The summed E-state index contributed by atoms with van der Waals surface area (Å²) in [6, 6.07) is 8.07. The highest BCUT2D eigenvalue weighted by molar-refractivity contribution is 5.50. The fourth-order valence-electron chi connectivity index (χ4n) is 1.28. The number of terminal acetylenes is 1. The van der Waals surface area contributed by atoms with Crippen molar-refractivity contribution in [2.45, 2.75) is 26.0 Å². The zero-order chi connectivity index (χ0) is 11.3. The molecule has 2 atom stereocenters. The Bertz CT molecular complexity index is 354. The third kappa shape index (κ3) is 3.30. The number of benzene rings is 1. The van der Waals surface area contributed by atoms with Crippen molar-refractivity contribution in [3.8, 4) is 12.3 Å². The van der Waals surface area contributed by atoms with E-state index >= 15 is 0 Å². The Labute approximate surface area is 91.6 Å². The maximum Gasteiger partial charge on any atom is 0.0741 e. The summed E-state index contributed by atoms with van der Waals surface area (Å²) in [5.74, 6) is 2.61. The van der Waals surface area contributed by atoms with E-state index in [4.69, 9.17) is 11.2 Å². The van der Waals surface area contributed by atoms with E-state index in [0.29, 0.717) is 0 Å². The first kappa shape index (κ1) is 11.6. The molecule has 0 aliphatic heterocycles. The van der Waals surface area contributed by atoms with Crippen LogP contribution in [0.4, 0.5) is 5.69 Å². The number of nitrogens with one attached hydrogen (secondary N) is 1. The van der Waals surface area contributed by atoms with Crippen molar-refractivity contribution in [2.75, 3.05) is 12.4 Å². The predicted octanol–water partition coefficient (Wildman–Crippen LogP) is 2.50. The first-order valence-corrected chi connectivity index (χ1v) is 5.03. The van der Waals surface area contributed by atoms with Gasteiger partial charge < -0.3 is 10.1 Å². The molecule has 1 rings (SSSR count). The van der Waals surface area contributed by atoms with E-state index < -0.39 is 0 Å². The molecule has 0 fully saturated rings. The van der Waals surface area contributed by atoms with Gasteiger partial charge in [0.15, 0.2) is 0 Å². The summed E-state index contributed by atoms with van der Waals surface area (Å²) in [5.41, 5.74) is 1.92. The summed E-state index contributed by atoms with van der Waals surface area (Å²) in [4.78, 5) is 0. The van der Waals surface area contributed by atoms with Gasteiger partial charge in [0.2, 0.25) is 0 Å². The number of ether oxygens (including phenoxy) is 1. The Balaban J connectivity index is 2.68. The smallest absolute Gasteiger partial charge is 0.0741 e. The lowest BCUT2D eigenvalue weighted by Crippen LogP contribution is -2.29. The van der Waals surface area contributed by atoms with Gasteiger partial charge in [0, 0.05) is 24.4 Å². The van der Waals surface area contributed by atoms with Gasteiger partial charge in [-0.25, -0.2) is 0 Å². The normalized spacial score (nSPS) is 14.0. The molecule has 0 radical (unpaired) electrons. The van der Waals surface area contributed by atoms with E-state index in [0.717, 1.165) is 11.3 Å². The van der Waals surface area contributed by atoms with Crippen molar-refractivity contribution in [3.63, 3.8) is 0 Å². The molecule has 0 aliphatic rings. The van der Waals surface area contributed by atoms with Crippen LogP contribution in [0.3, 0.4) is 0 Å².